The molecule has 10 heteroatoms. The van der Waals surface area contributed by atoms with Gasteiger partial charge >= 0.3 is 5.69 Å². The number of nitrogens with one attached hydrogen (secondary N) is 1. The minimum Gasteiger partial charge on any atom is -0.387 e. The molecule has 0 spiro atoms. The lowest BCUT2D eigenvalue weighted by Gasteiger charge is -2.24. The number of carbonyl (C=O) groups excluding carboxylic acids is 2. The number of anilines is 3. The molecule has 0 aliphatic carbocycles. The lowest BCUT2D eigenvalue weighted by molar-refractivity contribution is -0.121. The van der Waals surface area contributed by atoms with Crippen molar-refractivity contribution in [1.29, 1.82) is 0 Å². The molecule has 2 aromatic carbocycles. The van der Waals surface area contributed by atoms with Crippen LogP contribution >= 0.6 is 0 Å². The molecule has 2 amide bonds. The molecule has 1 heterocycles. The summed E-state index contributed by atoms with van der Waals surface area (Å²) in [7, 11) is 0. The van der Waals surface area contributed by atoms with Crippen molar-refractivity contribution in [2.24, 2.45) is 0 Å². The Balaban J connectivity index is 2.10. The van der Waals surface area contributed by atoms with Crippen LogP contribution in [0.1, 0.15) is 23.6 Å². The summed E-state index contributed by atoms with van der Waals surface area (Å²) in [6.45, 7) is 4.06. The first-order valence-electron chi connectivity index (χ1n) is 11.1. The van der Waals surface area contributed by atoms with Crippen molar-refractivity contribution in [2.45, 2.75) is 33.9 Å². The molecule has 0 saturated carbocycles. The van der Waals surface area contributed by atoms with Crippen LogP contribution in [0.15, 0.2) is 58.1 Å². The maximum absolute atomic E-state index is 13.3. The van der Waals surface area contributed by atoms with E-state index in [1.165, 1.54) is 0 Å². The van der Waals surface area contributed by atoms with Crippen molar-refractivity contribution in [1.82, 2.24) is 9.13 Å². The molecule has 184 valence electrons. The van der Waals surface area contributed by atoms with E-state index in [1.807, 2.05) is 26.0 Å². The molecular weight excluding hydrogens is 450 g/mol. The summed E-state index contributed by atoms with van der Waals surface area (Å²) < 4.78 is 1.89. The summed E-state index contributed by atoms with van der Waals surface area (Å²) in [4.78, 5) is 52.8. The molecule has 0 unspecified atom stereocenters. The zero-order valence-electron chi connectivity index (χ0n) is 19.9. The van der Waals surface area contributed by atoms with E-state index in [0.717, 1.165) is 30.7 Å². The van der Waals surface area contributed by atoms with Gasteiger partial charge in [0.05, 0.1) is 6.54 Å². The Kier molecular flexibility index (Phi) is 7.87. The van der Waals surface area contributed by atoms with Crippen molar-refractivity contribution >= 4 is 29.0 Å². The third kappa shape index (κ3) is 5.49. The zero-order valence-corrected chi connectivity index (χ0v) is 19.9. The predicted octanol–water partition coefficient (Wildman–Crippen LogP) is 1.24. The van der Waals surface area contributed by atoms with Gasteiger partial charge in [-0.15, -0.1) is 0 Å². The SMILES string of the molecule is CCN(C(=O)CO)c1c(N)n(Cc2ccccc2)c(=O)n(CC(=O)Nc2ccc(C)c(C)c2)c1=O. The maximum Gasteiger partial charge on any atom is 0.333 e. The number of amides is 2. The van der Waals surface area contributed by atoms with Crippen LogP contribution in [0.3, 0.4) is 0 Å². The van der Waals surface area contributed by atoms with Crippen molar-refractivity contribution < 1.29 is 14.7 Å². The molecule has 3 aromatic rings. The van der Waals surface area contributed by atoms with Crippen molar-refractivity contribution in [3.8, 4) is 0 Å². The third-order valence-electron chi connectivity index (χ3n) is 5.74. The topological polar surface area (TPSA) is 140 Å². The maximum atomic E-state index is 13.3. The Labute approximate surface area is 202 Å². The Bertz CT molecular complexity index is 1360. The largest absolute Gasteiger partial charge is 0.387 e. The van der Waals surface area contributed by atoms with Crippen LogP contribution in [0.2, 0.25) is 0 Å². The van der Waals surface area contributed by atoms with E-state index in [-0.39, 0.29) is 24.6 Å². The fourth-order valence-corrected chi connectivity index (χ4v) is 3.72. The first-order valence-corrected chi connectivity index (χ1v) is 11.1. The van der Waals surface area contributed by atoms with E-state index in [2.05, 4.69) is 5.32 Å². The first-order chi connectivity index (χ1) is 16.7. The van der Waals surface area contributed by atoms with Crippen LogP contribution in [0.5, 0.6) is 0 Å². The number of nitrogen functional groups attached to an aromatic ring is 1. The predicted molar refractivity (Wildman–Crippen MR) is 135 cm³/mol. The van der Waals surface area contributed by atoms with Crippen molar-refractivity contribution in [3.05, 3.63) is 86.1 Å². The number of aliphatic hydroxyl groups is 1. The van der Waals surface area contributed by atoms with Gasteiger partial charge in [-0.2, -0.15) is 0 Å². The molecule has 0 bridgehead atoms. The number of benzene rings is 2. The summed E-state index contributed by atoms with van der Waals surface area (Å²) in [5.41, 5.74) is 7.57. The molecule has 1 aromatic heterocycles. The first kappa shape index (κ1) is 25.4. The van der Waals surface area contributed by atoms with Gasteiger partial charge in [-0.05, 0) is 49.6 Å². The molecule has 0 fully saturated rings. The van der Waals surface area contributed by atoms with E-state index in [0.29, 0.717) is 5.69 Å². The van der Waals surface area contributed by atoms with Gasteiger partial charge in [0.1, 0.15) is 19.0 Å². The van der Waals surface area contributed by atoms with Crippen LogP contribution in [0.25, 0.3) is 0 Å². The highest BCUT2D eigenvalue weighted by atomic mass is 16.3. The zero-order chi connectivity index (χ0) is 25.7. The van der Waals surface area contributed by atoms with Gasteiger partial charge in [0.25, 0.3) is 11.5 Å². The Hall–Kier alpha value is -4.18. The van der Waals surface area contributed by atoms with Crippen LogP contribution in [0.4, 0.5) is 17.2 Å². The highest BCUT2D eigenvalue weighted by Gasteiger charge is 2.26. The quantitative estimate of drug-likeness (QED) is 0.444. The molecule has 35 heavy (non-hydrogen) atoms. The van der Waals surface area contributed by atoms with Crippen LogP contribution in [-0.2, 0) is 22.7 Å². The second kappa shape index (κ2) is 10.8. The molecular formula is C25H29N5O5. The average molecular weight is 480 g/mol. The highest BCUT2D eigenvalue weighted by Crippen LogP contribution is 2.19. The van der Waals surface area contributed by atoms with Gasteiger partial charge in [-0.1, -0.05) is 36.4 Å². The molecule has 3 rings (SSSR count). The van der Waals surface area contributed by atoms with Gasteiger partial charge in [-0.25, -0.2) is 9.36 Å². The number of aromatic nitrogens is 2. The third-order valence-corrected chi connectivity index (χ3v) is 5.74. The van der Waals surface area contributed by atoms with Gasteiger partial charge in [0, 0.05) is 12.2 Å². The van der Waals surface area contributed by atoms with Gasteiger partial charge in [0.2, 0.25) is 5.91 Å². The number of rotatable bonds is 8. The number of nitrogens with zero attached hydrogens (tertiary/aromatic N) is 3. The van der Waals surface area contributed by atoms with Gasteiger partial charge in [-0.3, -0.25) is 19.0 Å². The summed E-state index contributed by atoms with van der Waals surface area (Å²) in [5, 5.41) is 12.1. The van der Waals surface area contributed by atoms with Crippen molar-refractivity contribution in [2.75, 3.05) is 29.1 Å². The molecule has 0 radical (unpaired) electrons. The lowest BCUT2D eigenvalue weighted by atomic mass is 10.1. The lowest BCUT2D eigenvalue weighted by Crippen LogP contribution is -2.48. The Morgan fingerprint density at radius 2 is 1.71 bits per heavy atom. The van der Waals surface area contributed by atoms with E-state index < -0.39 is 36.2 Å². The summed E-state index contributed by atoms with van der Waals surface area (Å²) in [6.07, 6.45) is 0. The number of carbonyl (C=O) groups is 2. The van der Waals surface area contributed by atoms with E-state index >= 15 is 0 Å². The van der Waals surface area contributed by atoms with E-state index in [9.17, 15) is 24.3 Å². The molecule has 10 nitrogen and oxygen atoms in total. The summed E-state index contributed by atoms with van der Waals surface area (Å²) in [5.74, 6) is -1.57. The van der Waals surface area contributed by atoms with E-state index in [1.54, 1.807) is 43.3 Å². The van der Waals surface area contributed by atoms with Crippen molar-refractivity contribution in [3.63, 3.8) is 0 Å². The minimum absolute atomic E-state index is 0.0163. The number of hydrogen-bond donors (Lipinski definition) is 3. The monoisotopic (exact) mass is 479 g/mol. The Morgan fingerprint density at radius 1 is 1.03 bits per heavy atom. The highest BCUT2D eigenvalue weighted by molar-refractivity contribution is 5.96. The molecule has 0 aliphatic rings. The van der Waals surface area contributed by atoms with Crippen LogP contribution in [0, 0.1) is 13.8 Å². The van der Waals surface area contributed by atoms with Crippen LogP contribution in [-0.4, -0.2) is 39.2 Å². The van der Waals surface area contributed by atoms with E-state index in [4.69, 9.17) is 5.73 Å². The summed E-state index contributed by atoms with van der Waals surface area (Å²) >= 11 is 0. The fraction of sp³-hybridized carbons (Fsp3) is 0.280. The van der Waals surface area contributed by atoms with Gasteiger partial charge < -0.3 is 21.1 Å². The standard InChI is InChI=1S/C25H29N5O5/c1-4-28(21(33)15-31)22-23(26)29(13-18-8-6-5-7-9-18)25(35)30(24(22)34)14-20(32)27-19-11-10-16(2)17(3)12-19/h5-12,31H,4,13-15,26H2,1-3H3,(H,27,32). The van der Waals surface area contributed by atoms with Crippen LogP contribution < -0.4 is 27.2 Å². The average Bonchev–Trinajstić information content (AvgIpc) is 2.84. The number of nitrogens with two attached hydrogens (primary N) is 1. The number of aryl methyl sites for hydroxylation is 2. The molecule has 0 saturated heterocycles. The van der Waals surface area contributed by atoms with Gasteiger partial charge in [0.15, 0.2) is 5.69 Å². The molecule has 0 aliphatic heterocycles. The second-order valence-corrected chi connectivity index (χ2v) is 8.12. The second-order valence-electron chi connectivity index (χ2n) is 8.12. The molecule has 4 N–H and O–H groups in total. The fourth-order valence-electron chi connectivity index (χ4n) is 3.72. The minimum atomic E-state index is -0.893. The number of hydrogen-bond acceptors (Lipinski definition) is 6. The Morgan fingerprint density at radius 3 is 2.31 bits per heavy atom. The number of aliphatic hydroxyl groups excluding tert-OH is 1. The number of likely N-dealkylation sites (N-methyl/N-ethyl adjacent to an activating group) is 1. The summed E-state index contributed by atoms with van der Waals surface area (Å²) in [6, 6.07) is 14.3. The molecule has 0 atom stereocenters. The normalized spacial score (nSPS) is 10.7. The smallest absolute Gasteiger partial charge is 0.333 e.